The molecule has 0 amide bonds. The van der Waals surface area contributed by atoms with Crippen LogP contribution < -0.4 is 4.57 Å². The molecule has 0 aliphatic rings. The lowest BCUT2D eigenvalue weighted by Gasteiger charge is -1.93. The van der Waals surface area contributed by atoms with Crippen molar-refractivity contribution in [3.05, 3.63) is 30.9 Å². The highest BCUT2D eigenvalue weighted by Crippen LogP contribution is 1.85. The first-order valence-corrected chi connectivity index (χ1v) is 3.35. The molecule has 2 nitrogen and oxygen atoms in total. The summed E-state index contributed by atoms with van der Waals surface area (Å²) in [5.74, 6) is 0.921. The van der Waals surface area contributed by atoms with E-state index in [1.54, 1.807) is 12.3 Å². The van der Waals surface area contributed by atoms with Crippen molar-refractivity contribution in [1.29, 1.82) is 0 Å². The summed E-state index contributed by atoms with van der Waals surface area (Å²) in [5.41, 5.74) is 0. The molecular weight excluding hydrogens is 124 g/mol. The van der Waals surface area contributed by atoms with E-state index in [-0.39, 0.29) is 0 Å². The Kier molecular flexibility index (Phi) is 2.15. The molecular formula is C8H11N2+. The number of aromatic nitrogens is 2. The van der Waals surface area contributed by atoms with Gasteiger partial charge in [-0.25, -0.2) is 4.57 Å². The molecule has 0 fully saturated rings. The van der Waals surface area contributed by atoms with Gasteiger partial charge in [-0.05, 0) is 11.9 Å². The highest BCUT2D eigenvalue weighted by Gasteiger charge is 2.01. The van der Waals surface area contributed by atoms with Gasteiger partial charge in [0.05, 0.1) is 12.7 Å². The van der Waals surface area contributed by atoms with E-state index >= 15 is 0 Å². The lowest BCUT2D eigenvalue weighted by Crippen LogP contribution is -2.35. The largest absolute Gasteiger partial charge is 0.322 e. The van der Waals surface area contributed by atoms with Crippen LogP contribution in [0.4, 0.5) is 0 Å². The number of hydrogen-bond donors (Lipinski definition) is 0. The minimum Gasteiger partial charge on any atom is -0.231 e. The monoisotopic (exact) mass is 135 g/mol. The van der Waals surface area contributed by atoms with Crippen LogP contribution in [0.25, 0.3) is 6.08 Å². The van der Waals surface area contributed by atoms with Gasteiger partial charge in [0.15, 0.2) is 0 Å². The second kappa shape index (κ2) is 3.11. The van der Waals surface area contributed by atoms with Gasteiger partial charge < -0.3 is 0 Å². The molecule has 0 saturated heterocycles. The first-order valence-electron chi connectivity index (χ1n) is 3.35. The van der Waals surface area contributed by atoms with Crippen molar-refractivity contribution in [3.63, 3.8) is 0 Å². The molecule has 1 aromatic heterocycles. The van der Waals surface area contributed by atoms with Crippen LogP contribution in [-0.4, -0.2) is 4.98 Å². The molecule has 2 heteroatoms. The molecule has 0 aliphatic carbocycles. The van der Waals surface area contributed by atoms with Crippen LogP contribution in [-0.2, 0) is 6.54 Å². The van der Waals surface area contributed by atoms with Crippen molar-refractivity contribution in [3.8, 4) is 0 Å². The standard InChI is InChI=1S/C8H11N2/c1-3-8-9-6-5-7-10(8)4-2/h3,5-7H,1,4H2,2H3/q+1. The van der Waals surface area contributed by atoms with Crippen LogP contribution in [0.1, 0.15) is 12.7 Å². The first kappa shape index (κ1) is 6.93. The van der Waals surface area contributed by atoms with E-state index in [4.69, 9.17) is 0 Å². The van der Waals surface area contributed by atoms with Crippen LogP contribution in [0.3, 0.4) is 0 Å². The van der Waals surface area contributed by atoms with Gasteiger partial charge in [0.1, 0.15) is 6.20 Å². The van der Waals surface area contributed by atoms with Crippen molar-refractivity contribution in [2.24, 2.45) is 0 Å². The average Bonchev–Trinajstić information content (AvgIpc) is 2.04. The molecule has 1 heterocycles. The second-order valence-corrected chi connectivity index (χ2v) is 1.97. The molecule has 1 rings (SSSR count). The third-order valence-corrected chi connectivity index (χ3v) is 1.38. The summed E-state index contributed by atoms with van der Waals surface area (Å²) < 4.78 is 2.03. The van der Waals surface area contributed by atoms with E-state index in [1.165, 1.54) is 0 Å². The Bertz CT molecular complexity index is 230. The molecule has 0 bridgehead atoms. The van der Waals surface area contributed by atoms with E-state index in [1.807, 2.05) is 16.8 Å². The third kappa shape index (κ3) is 1.21. The van der Waals surface area contributed by atoms with Crippen molar-refractivity contribution in [1.82, 2.24) is 4.98 Å². The average molecular weight is 135 g/mol. The first-order chi connectivity index (χ1) is 4.88. The fraction of sp³-hybridized carbons (Fsp3) is 0.250. The third-order valence-electron chi connectivity index (χ3n) is 1.38. The van der Waals surface area contributed by atoms with Crippen molar-refractivity contribution >= 4 is 6.08 Å². The van der Waals surface area contributed by atoms with E-state index in [9.17, 15) is 0 Å². The predicted octanol–water partition coefficient (Wildman–Crippen LogP) is 1.03. The lowest BCUT2D eigenvalue weighted by molar-refractivity contribution is -0.698. The van der Waals surface area contributed by atoms with Gasteiger partial charge in [-0.3, -0.25) is 0 Å². The van der Waals surface area contributed by atoms with Crippen molar-refractivity contribution in [2.75, 3.05) is 0 Å². The molecule has 0 N–H and O–H groups in total. The zero-order chi connectivity index (χ0) is 7.40. The van der Waals surface area contributed by atoms with Crippen molar-refractivity contribution in [2.45, 2.75) is 13.5 Å². The number of nitrogens with zero attached hydrogens (tertiary/aromatic N) is 2. The Morgan fingerprint density at radius 3 is 3.10 bits per heavy atom. The zero-order valence-electron chi connectivity index (χ0n) is 6.12. The molecule has 0 saturated carbocycles. The summed E-state index contributed by atoms with van der Waals surface area (Å²) in [5, 5.41) is 0. The Hall–Kier alpha value is -1.18. The van der Waals surface area contributed by atoms with Gasteiger partial charge in [0.2, 0.25) is 0 Å². The highest BCUT2D eigenvalue weighted by atomic mass is 15.0. The van der Waals surface area contributed by atoms with E-state index in [0.29, 0.717) is 0 Å². The van der Waals surface area contributed by atoms with Gasteiger partial charge in [-0.15, -0.1) is 0 Å². The normalized spacial score (nSPS) is 9.30. The summed E-state index contributed by atoms with van der Waals surface area (Å²) >= 11 is 0. The summed E-state index contributed by atoms with van der Waals surface area (Å²) in [7, 11) is 0. The maximum absolute atomic E-state index is 4.11. The minimum atomic E-state index is 0.921. The Morgan fingerprint density at radius 2 is 2.60 bits per heavy atom. The van der Waals surface area contributed by atoms with Crippen LogP contribution in [0.2, 0.25) is 0 Å². The quantitative estimate of drug-likeness (QED) is 0.553. The summed E-state index contributed by atoms with van der Waals surface area (Å²) in [6.07, 6.45) is 5.51. The van der Waals surface area contributed by atoms with E-state index < -0.39 is 0 Å². The van der Waals surface area contributed by atoms with Crippen LogP contribution >= 0.6 is 0 Å². The highest BCUT2D eigenvalue weighted by molar-refractivity contribution is 5.31. The molecule has 52 valence electrons. The molecule has 0 atom stereocenters. The maximum Gasteiger partial charge on any atom is 0.322 e. The van der Waals surface area contributed by atoms with Gasteiger partial charge in [-0.2, -0.15) is 0 Å². The van der Waals surface area contributed by atoms with Crippen LogP contribution in [0, 0.1) is 0 Å². The van der Waals surface area contributed by atoms with Gasteiger partial charge >= 0.3 is 5.82 Å². The minimum absolute atomic E-state index is 0.921. The number of hydrogen-bond acceptors (Lipinski definition) is 1. The molecule has 0 aromatic carbocycles. The maximum atomic E-state index is 4.11. The van der Waals surface area contributed by atoms with Gasteiger partial charge in [0, 0.05) is 12.1 Å². The number of aryl methyl sites for hydroxylation is 1. The molecule has 0 radical (unpaired) electrons. The SMILES string of the molecule is C=Cc1nccc[n+]1CC. The summed E-state index contributed by atoms with van der Waals surface area (Å²) in [6, 6.07) is 1.91. The molecule has 0 spiro atoms. The fourth-order valence-electron chi connectivity index (χ4n) is 0.850. The predicted molar refractivity (Wildman–Crippen MR) is 40.2 cm³/mol. The Balaban J connectivity index is 3.08. The topological polar surface area (TPSA) is 16.8 Å². The Morgan fingerprint density at radius 1 is 1.80 bits per heavy atom. The lowest BCUT2D eigenvalue weighted by atomic mass is 10.5. The van der Waals surface area contributed by atoms with Crippen molar-refractivity contribution < 1.29 is 4.57 Å². The molecule has 1 aromatic rings. The van der Waals surface area contributed by atoms with E-state index in [2.05, 4.69) is 18.5 Å². The Labute approximate surface area is 60.9 Å². The zero-order valence-corrected chi connectivity index (χ0v) is 6.12. The fourth-order valence-corrected chi connectivity index (χ4v) is 0.850. The molecule has 0 unspecified atom stereocenters. The summed E-state index contributed by atoms with van der Waals surface area (Å²) in [6.45, 7) is 6.67. The number of rotatable bonds is 2. The smallest absolute Gasteiger partial charge is 0.231 e. The second-order valence-electron chi connectivity index (χ2n) is 1.97. The van der Waals surface area contributed by atoms with Crippen LogP contribution in [0.15, 0.2) is 25.0 Å². The van der Waals surface area contributed by atoms with E-state index in [0.717, 1.165) is 12.4 Å². The van der Waals surface area contributed by atoms with Gasteiger partial charge in [0.25, 0.3) is 0 Å². The van der Waals surface area contributed by atoms with Crippen LogP contribution in [0.5, 0.6) is 0 Å². The summed E-state index contributed by atoms with van der Waals surface area (Å²) in [4.78, 5) is 4.11. The molecule has 0 aliphatic heterocycles. The van der Waals surface area contributed by atoms with Gasteiger partial charge in [-0.1, -0.05) is 6.58 Å². The molecule has 10 heavy (non-hydrogen) atoms.